The number of hydrogen-bond acceptors (Lipinski definition) is 2. The van der Waals surface area contributed by atoms with Gasteiger partial charge in [-0.3, -0.25) is 9.59 Å². The molecule has 1 rings (SSSR count). The average molecular weight is 168 g/mol. The van der Waals surface area contributed by atoms with Crippen LogP contribution in [0.4, 0.5) is 0 Å². The van der Waals surface area contributed by atoms with Crippen LogP contribution in [0.1, 0.15) is 40.0 Å². The van der Waals surface area contributed by atoms with Crippen LogP contribution in [0.5, 0.6) is 0 Å². The Morgan fingerprint density at radius 3 is 2.33 bits per heavy atom. The number of rotatable bonds is 1. The monoisotopic (exact) mass is 168 g/mol. The lowest BCUT2D eigenvalue weighted by Gasteiger charge is -2.20. The Kier molecular flexibility index (Phi) is 2.36. The van der Waals surface area contributed by atoms with Crippen LogP contribution in [0, 0.1) is 11.3 Å². The highest BCUT2D eigenvalue weighted by Gasteiger charge is 2.34. The molecule has 0 saturated heterocycles. The minimum absolute atomic E-state index is 0.0116. The maximum Gasteiger partial charge on any atom is 0.141 e. The van der Waals surface area contributed by atoms with Gasteiger partial charge in [0.25, 0.3) is 0 Å². The first-order valence-electron chi connectivity index (χ1n) is 4.47. The number of hydrogen-bond donors (Lipinski definition) is 0. The standard InChI is InChI=1S/C10H16O2/c1-10(2,3)9(12)7-4-5-8(11)6-7/h7H,4-6H2,1-3H3. The molecule has 1 atom stereocenters. The molecule has 0 N–H and O–H groups in total. The lowest BCUT2D eigenvalue weighted by atomic mass is 9.82. The van der Waals surface area contributed by atoms with Gasteiger partial charge in [0.15, 0.2) is 0 Å². The van der Waals surface area contributed by atoms with Gasteiger partial charge in [0.1, 0.15) is 11.6 Å². The zero-order valence-electron chi connectivity index (χ0n) is 8.02. The third kappa shape index (κ3) is 1.93. The Bertz CT molecular complexity index is 210. The molecule has 0 heterocycles. The summed E-state index contributed by atoms with van der Waals surface area (Å²) in [7, 11) is 0. The van der Waals surface area contributed by atoms with E-state index in [1.807, 2.05) is 20.8 Å². The van der Waals surface area contributed by atoms with Crippen LogP contribution in [0.3, 0.4) is 0 Å². The summed E-state index contributed by atoms with van der Waals surface area (Å²) in [6, 6.07) is 0. The molecule has 0 aromatic rings. The fourth-order valence-corrected chi connectivity index (χ4v) is 1.65. The number of carbonyl (C=O) groups is 2. The topological polar surface area (TPSA) is 34.1 Å². The van der Waals surface area contributed by atoms with Crippen LogP contribution in [0.2, 0.25) is 0 Å². The molecule has 0 aliphatic heterocycles. The Morgan fingerprint density at radius 2 is 2.00 bits per heavy atom. The first-order chi connectivity index (χ1) is 5.41. The SMILES string of the molecule is CC(C)(C)C(=O)C1CCC(=O)C1. The van der Waals surface area contributed by atoms with Gasteiger partial charge in [-0.2, -0.15) is 0 Å². The first kappa shape index (κ1) is 9.43. The van der Waals surface area contributed by atoms with Crippen molar-refractivity contribution in [3.05, 3.63) is 0 Å². The van der Waals surface area contributed by atoms with Gasteiger partial charge in [0.2, 0.25) is 0 Å². The highest BCUT2D eigenvalue weighted by Crippen LogP contribution is 2.30. The Balaban J connectivity index is 2.61. The smallest absolute Gasteiger partial charge is 0.141 e. The molecule has 0 radical (unpaired) electrons. The molecule has 0 amide bonds. The zero-order valence-corrected chi connectivity index (χ0v) is 8.02. The normalized spacial score (nSPS) is 24.6. The molecule has 2 nitrogen and oxygen atoms in total. The van der Waals surface area contributed by atoms with Gasteiger partial charge in [-0.1, -0.05) is 20.8 Å². The van der Waals surface area contributed by atoms with E-state index < -0.39 is 0 Å². The van der Waals surface area contributed by atoms with Gasteiger partial charge in [0.05, 0.1) is 0 Å². The third-order valence-corrected chi connectivity index (χ3v) is 2.36. The maximum absolute atomic E-state index is 11.7. The highest BCUT2D eigenvalue weighted by molar-refractivity contribution is 5.93. The molecule has 1 unspecified atom stereocenters. The molecule has 68 valence electrons. The van der Waals surface area contributed by atoms with Crippen molar-refractivity contribution in [1.29, 1.82) is 0 Å². The predicted molar refractivity (Wildman–Crippen MR) is 46.8 cm³/mol. The van der Waals surface area contributed by atoms with Crippen LogP contribution in [0.15, 0.2) is 0 Å². The highest BCUT2D eigenvalue weighted by atomic mass is 16.1. The summed E-state index contributed by atoms with van der Waals surface area (Å²) < 4.78 is 0. The van der Waals surface area contributed by atoms with Gasteiger partial charge in [-0.25, -0.2) is 0 Å². The molecule has 2 heteroatoms. The molecule has 0 bridgehead atoms. The van der Waals surface area contributed by atoms with E-state index in [1.54, 1.807) is 0 Å². The average Bonchev–Trinajstić information content (AvgIpc) is 2.32. The molecule has 0 spiro atoms. The summed E-state index contributed by atoms with van der Waals surface area (Å²) in [4.78, 5) is 22.6. The molecule has 0 aromatic carbocycles. The second-order valence-electron chi connectivity index (χ2n) is 4.59. The second kappa shape index (κ2) is 3.00. The van der Waals surface area contributed by atoms with Crippen molar-refractivity contribution in [2.45, 2.75) is 40.0 Å². The molecular weight excluding hydrogens is 152 g/mol. The van der Waals surface area contributed by atoms with Gasteiger partial charge in [0, 0.05) is 24.2 Å². The van der Waals surface area contributed by atoms with Crippen LogP contribution in [-0.2, 0) is 9.59 Å². The van der Waals surface area contributed by atoms with Crippen molar-refractivity contribution in [1.82, 2.24) is 0 Å². The zero-order chi connectivity index (χ0) is 9.35. The summed E-state index contributed by atoms with van der Waals surface area (Å²) in [5.74, 6) is 0.503. The molecule has 0 aromatic heterocycles. The van der Waals surface area contributed by atoms with E-state index >= 15 is 0 Å². The van der Waals surface area contributed by atoms with E-state index in [4.69, 9.17) is 0 Å². The maximum atomic E-state index is 11.7. The number of ketones is 2. The van der Waals surface area contributed by atoms with E-state index in [0.717, 1.165) is 6.42 Å². The van der Waals surface area contributed by atoms with E-state index in [-0.39, 0.29) is 22.9 Å². The van der Waals surface area contributed by atoms with Crippen LogP contribution in [-0.4, -0.2) is 11.6 Å². The second-order valence-corrected chi connectivity index (χ2v) is 4.59. The van der Waals surface area contributed by atoms with Crippen molar-refractivity contribution >= 4 is 11.6 Å². The van der Waals surface area contributed by atoms with Gasteiger partial charge in [-0.05, 0) is 6.42 Å². The number of Topliss-reactive ketones (excluding diaryl/α,β-unsaturated/α-hetero) is 2. The summed E-state index contributed by atoms with van der Waals surface area (Å²) >= 11 is 0. The van der Waals surface area contributed by atoms with Crippen molar-refractivity contribution in [3.8, 4) is 0 Å². The minimum Gasteiger partial charge on any atom is -0.300 e. The number of carbonyl (C=O) groups excluding carboxylic acids is 2. The van der Waals surface area contributed by atoms with Gasteiger partial charge >= 0.3 is 0 Å². The molecule has 1 fully saturated rings. The third-order valence-electron chi connectivity index (χ3n) is 2.36. The summed E-state index contributed by atoms with van der Waals surface area (Å²) in [5.41, 5.74) is -0.282. The fraction of sp³-hybridized carbons (Fsp3) is 0.800. The lowest BCUT2D eigenvalue weighted by Crippen LogP contribution is -2.26. The molecule has 1 aliphatic carbocycles. The van der Waals surface area contributed by atoms with Crippen molar-refractivity contribution in [2.75, 3.05) is 0 Å². The van der Waals surface area contributed by atoms with E-state index in [2.05, 4.69) is 0 Å². The minimum atomic E-state index is -0.282. The Morgan fingerprint density at radius 1 is 1.42 bits per heavy atom. The van der Waals surface area contributed by atoms with Crippen LogP contribution < -0.4 is 0 Å². The van der Waals surface area contributed by atoms with Crippen LogP contribution >= 0.6 is 0 Å². The molecule has 1 aliphatic rings. The van der Waals surface area contributed by atoms with Gasteiger partial charge in [-0.15, -0.1) is 0 Å². The Hall–Kier alpha value is -0.660. The van der Waals surface area contributed by atoms with E-state index in [1.165, 1.54) is 0 Å². The molecule has 1 saturated carbocycles. The van der Waals surface area contributed by atoms with Crippen molar-refractivity contribution in [2.24, 2.45) is 11.3 Å². The van der Waals surface area contributed by atoms with Gasteiger partial charge < -0.3 is 0 Å². The van der Waals surface area contributed by atoms with E-state index in [0.29, 0.717) is 12.8 Å². The quantitative estimate of drug-likeness (QED) is 0.600. The Labute approximate surface area is 73.3 Å². The molecule has 12 heavy (non-hydrogen) atoms. The predicted octanol–water partition coefficient (Wildman–Crippen LogP) is 1.97. The fourth-order valence-electron chi connectivity index (χ4n) is 1.65. The lowest BCUT2D eigenvalue weighted by molar-refractivity contribution is -0.131. The van der Waals surface area contributed by atoms with Crippen molar-refractivity contribution < 1.29 is 9.59 Å². The van der Waals surface area contributed by atoms with Crippen LogP contribution in [0.25, 0.3) is 0 Å². The van der Waals surface area contributed by atoms with E-state index in [9.17, 15) is 9.59 Å². The largest absolute Gasteiger partial charge is 0.300 e. The summed E-state index contributed by atoms with van der Waals surface area (Å²) in [6.45, 7) is 5.74. The molecular formula is C10H16O2. The summed E-state index contributed by atoms with van der Waals surface area (Å²) in [6.07, 6.45) is 1.86. The van der Waals surface area contributed by atoms with Crippen molar-refractivity contribution in [3.63, 3.8) is 0 Å². The summed E-state index contributed by atoms with van der Waals surface area (Å²) in [5, 5.41) is 0. The first-order valence-corrected chi connectivity index (χ1v) is 4.47.